The molecule has 266 valence electrons. The smallest absolute Gasteiger partial charge is 0.192 e. The molecule has 0 aromatic heterocycles. The maximum Gasteiger partial charge on any atom is 0.192 e. The Morgan fingerprint density at radius 1 is 1.04 bits per heavy atom. The third-order valence-corrected chi connectivity index (χ3v) is 16.8. The Balaban J connectivity index is 1.47. The van der Waals surface area contributed by atoms with Crippen molar-refractivity contribution in [2.45, 2.75) is 174 Å². The zero-order valence-corrected chi connectivity index (χ0v) is 32.2. The van der Waals surface area contributed by atoms with Gasteiger partial charge in [-0.05, 0) is 114 Å². The van der Waals surface area contributed by atoms with Crippen molar-refractivity contribution in [1.29, 1.82) is 0 Å². The van der Waals surface area contributed by atoms with E-state index < -0.39 is 8.32 Å². The number of carbonyl (C=O) groups excluding carboxylic acids is 1. The molecule has 9 atom stereocenters. The van der Waals surface area contributed by atoms with Gasteiger partial charge in [0.05, 0.1) is 36.1 Å². The van der Waals surface area contributed by atoms with Gasteiger partial charge in [-0.25, -0.2) is 0 Å². The molecule has 0 spiro atoms. The second kappa shape index (κ2) is 18.2. The van der Waals surface area contributed by atoms with E-state index in [0.29, 0.717) is 30.0 Å². The number of aliphatic hydroxyl groups is 1. The minimum Gasteiger partial charge on any atom is -0.412 e. The van der Waals surface area contributed by atoms with E-state index in [1.165, 1.54) is 5.57 Å². The quantitative estimate of drug-likeness (QED) is 0.0845. The number of hydrogen-bond donors (Lipinski definition) is 1. The van der Waals surface area contributed by atoms with E-state index in [2.05, 4.69) is 80.5 Å². The van der Waals surface area contributed by atoms with E-state index in [4.69, 9.17) is 18.6 Å². The summed E-state index contributed by atoms with van der Waals surface area (Å²) in [6.07, 6.45) is 15.7. The first-order chi connectivity index (χ1) is 21.8. The van der Waals surface area contributed by atoms with Crippen LogP contribution in [0.3, 0.4) is 0 Å². The molecule has 7 heteroatoms. The van der Waals surface area contributed by atoms with Crippen LogP contribution in [-0.2, 0) is 23.4 Å². The third kappa shape index (κ3) is 10.6. The third-order valence-electron chi connectivity index (χ3n) is 12.1. The Bertz CT molecular complexity index is 977. The molecule has 0 bridgehead atoms. The van der Waals surface area contributed by atoms with Gasteiger partial charge in [0.15, 0.2) is 8.32 Å². The molecule has 1 N–H and O–H groups in total. The summed E-state index contributed by atoms with van der Waals surface area (Å²) in [6, 6.07) is 3.43. The molecule has 3 fully saturated rings. The molecule has 3 rings (SSSR count). The van der Waals surface area contributed by atoms with Crippen molar-refractivity contribution in [2.75, 3.05) is 13.7 Å². The van der Waals surface area contributed by atoms with Gasteiger partial charge < -0.3 is 23.7 Å². The van der Waals surface area contributed by atoms with Crippen LogP contribution in [0.1, 0.15) is 120 Å². The van der Waals surface area contributed by atoms with Crippen LogP contribution in [0.4, 0.5) is 0 Å². The van der Waals surface area contributed by atoms with Crippen molar-refractivity contribution in [3.05, 3.63) is 23.8 Å². The monoisotopic (exact) mass is 662 g/mol. The minimum atomic E-state index is -1.71. The highest BCUT2D eigenvalue weighted by Gasteiger charge is 2.57. The average molecular weight is 663 g/mol. The van der Waals surface area contributed by atoms with Gasteiger partial charge in [0.25, 0.3) is 0 Å². The number of methoxy groups -OCH3 is 1. The summed E-state index contributed by atoms with van der Waals surface area (Å²) >= 11 is 0. The van der Waals surface area contributed by atoms with Gasteiger partial charge in [-0.15, -0.1) is 0 Å². The number of carbonyl (C=O) groups is 1. The van der Waals surface area contributed by atoms with Crippen LogP contribution >= 0.6 is 0 Å². The predicted octanol–water partition coefficient (Wildman–Crippen LogP) is 9.07. The maximum absolute atomic E-state index is 12.9. The molecule has 1 aliphatic carbocycles. The number of rotatable bonds is 19. The van der Waals surface area contributed by atoms with Gasteiger partial charge in [-0.1, -0.05) is 59.8 Å². The fourth-order valence-electron chi connectivity index (χ4n) is 8.70. The summed E-state index contributed by atoms with van der Waals surface area (Å²) in [4.78, 5) is 12.9. The number of hydrogen-bond acceptors (Lipinski definition) is 6. The normalized spacial score (nSPS) is 33.5. The lowest BCUT2D eigenvalue weighted by molar-refractivity contribution is -0.126. The van der Waals surface area contributed by atoms with Gasteiger partial charge in [0, 0.05) is 32.0 Å². The molecule has 2 saturated heterocycles. The van der Waals surface area contributed by atoms with Gasteiger partial charge >= 0.3 is 0 Å². The molecular weight excluding hydrogens is 593 g/mol. The highest BCUT2D eigenvalue weighted by molar-refractivity contribution is 6.73. The van der Waals surface area contributed by atoms with E-state index >= 15 is 0 Å². The zero-order chi connectivity index (χ0) is 34.1. The van der Waals surface area contributed by atoms with E-state index in [-0.39, 0.29) is 54.6 Å². The lowest BCUT2D eigenvalue weighted by Crippen LogP contribution is -2.46. The molecule has 46 heavy (non-hydrogen) atoms. The van der Waals surface area contributed by atoms with E-state index in [9.17, 15) is 9.90 Å². The first-order valence-corrected chi connectivity index (χ1v) is 21.4. The van der Waals surface area contributed by atoms with Crippen LogP contribution in [0.2, 0.25) is 18.1 Å². The molecule has 2 aliphatic heterocycles. The molecular formula is C39H70O6Si. The van der Waals surface area contributed by atoms with Crippen molar-refractivity contribution < 1.29 is 28.5 Å². The Labute approximate surface area is 283 Å². The first kappa shape index (κ1) is 39.6. The summed E-state index contributed by atoms with van der Waals surface area (Å²) in [6.45, 7) is 20.6. The van der Waals surface area contributed by atoms with Crippen LogP contribution in [0.25, 0.3) is 0 Å². The number of ether oxygens (including phenoxy) is 3. The van der Waals surface area contributed by atoms with Gasteiger partial charge in [0.2, 0.25) is 0 Å². The number of Topliss-reactive ketones (excluding diaryl/α,β-unsaturated/α-hetero) is 1. The van der Waals surface area contributed by atoms with E-state index in [1.54, 1.807) is 0 Å². The Hall–Kier alpha value is -0.833. The summed E-state index contributed by atoms with van der Waals surface area (Å²) in [5, 5.41) is 9.40. The van der Waals surface area contributed by atoms with Gasteiger partial charge in [-0.2, -0.15) is 0 Å². The van der Waals surface area contributed by atoms with Gasteiger partial charge in [0.1, 0.15) is 5.78 Å². The molecule has 0 aromatic carbocycles. The van der Waals surface area contributed by atoms with E-state index in [0.717, 1.165) is 69.5 Å². The van der Waals surface area contributed by atoms with E-state index in [1.807, 2.05) is 7.11 Å². The summed E-state index contributed by atoms with van der Waals surface area (Å²) in [5.41, 5.74) is 1.12. The second-order valence-electron chi connectivity index (χ2n) is 15.6. The van der Waals surface area contributed by atoms with Crippen molar-refractivity contribution in [1.82, 2.24) is 0 Å². The highest BCUT2D eigenvalue weighted by atomic mass is 28.4. The maximum atomic E-state index is 12.9. The lowest BCUT2D eigenvalue weighted by atomic mass is 9.79. The van der Waals surface area contributed by atoms with Crippen molar-refractivity contribution in [3.8, 4) is 0 Å². The minimum absolute atomic E-state index is 0.0195. The summed E-state index contributed by atoms with van der Waals surface area (Å²) in [5.74, 6) is 2.10. The topological polar surface area (TPSA) is 77.5 Å². The van der Waals surface area contributed by atoms with Crippen LogP contribution in [0.5, 0.6) is 0 Å². The highest BCUT2D eigenvalue weighted by Crippen LogP contribution is 2.48. The number of aliphatic hydroxyl groups excluding tert-OH is 1. The second-order valence-corrected chi connectivity index (χ2v) is 20.3. The standard InChI is InChI=1S/C39H70O6Si/c1-11-46(12-2,13-3)45-31(8)37(42-10)30(7)38-39(9,44-38)25-27(4)15-14-16-28(5)36-29(6)17-22-34(43-36)23-24-35(41)33-20-18-32(26-40)19-21-33/h14-16,27,29-34,36-38,40H,11-13,17-26H2,1-10H3/b15-14+,28-16+/t27-,29+,30-,31-,32?,33?,34-,36-,37-,38-,39-/m1/s1. The molecule has 3 aliphatic rings. The molecule has 0 radical (unpaired) electrons. The summed E-state index contributed by atoms with van der Waals surface area (Å²) in [7, 11) is 0.108. The fraction of sp³-hybridized carbons (Fsp3) is 0.872. The molecule has 0 amide bonds. The van der Waals surface area contributed by atoms with Crippen LogP contribution in [0, 0.1) is 29.6 Å². The number of allylic oxidation sites excluding steroid dienone is 3. The first-order valence-electron chi connectivity index (χ1n) is 18.9. The Kier molecular flexibility index (Phi) is 15.7. The lowest BCUT2D eigenvalue weighted by Gasteiger charge is -2.36. The fourth-order valence-corrected chi connectivity index (χ4v) is 11.6. The zero-order valence-electron chi connectivity index (χ0n) is 31.2. The van der Waals surface area contributed by atoms with Crippen molar-refractivity contribution in [2.24, 2.45) is 29.6 Å². The van der Waals surface area contributed by atoms with Crippen molar-refractivity contribution in [3.63, 3.8) is 0 Å². The largest absolute Gasteiger partial charge is 0.412 e. The molecule has 1 saturated carbocycles. The number of ketones is 1. The molecule has 0 unspecified atom stereocenters. The molecule has 6 nitrogen and oxygen atoms in total. The predicted molar refractivity (Wildman–Crippen MR) is 191 cm³/mol. The average Bonchev–Trinajstić information content (AvgIpc) is 3.73. The Morgan fingerprint density at radius 3 is 2.28 bits per heavy atom. The van der Waals surface area contributed by atoms with Crippen LogP contribution in [0.15, 0.2) is 23.8 Å². The summed E-state index contributed by atoms with van der Waals surface area (Å²) < 4.78 is 25.8. The van der Waals surface area contributed by atoms with Crippen LogP contribution in [-0.4, -0.2) is 69.0 Å². The Morgan fingerprint density at radius 2 is 1.70 bits per heavy atom. The molecule has 0 aromatic rings. The van der Waals surface area contributed by atoms with Crippen molar-refractivity contribution >= 4 is 14.1 Å². The number of epoxide rings is 1. The SMILES string of the molecule is CC[Si](CC)(CC)O[C@H](C)[C@H](OC)[C@@H](C)[C@H]1O[C@]1(C)C[C@H](C)/C=C/C=C(\C)[C@H]1O[C@@H](CCC(=O)C2CCC(CO)CC2)CC[C@@H]1C. The van der Waals surface area contributed by atoms with Gasteiger partial charge in [-0.3, -0.25) is 4.79 Å². The molecule has 2 heterocycles. The van der Waals surface area contributed by atoms with Crippen LogP contribution < -0.4 is 0 Å².